The van der Waals surface area contributed by atoms with Crippen molar-refractivity contribution in [2.75, 3.05) is 0 Å². The lowest BCUT2D eigenvalue weighted by molar-refractivity contribution is 0.461. The van der Waals surface area contributed by atoms with Crippen LogP contribution in [0.25, 0.3) is 0 Å². The van der Waals surface area contributed by atoms with E-state index in [-0.39, 0.29) is 0 Å². The Morgan fingerprint density at radius 3 is 1.57 bits per heavy atom. The molecule has 0 spiro atoms. The van der Waals surface area contributed by atoms with Crippen LogP contribution in [0.3, 0.4) is 0 Å². The number of hydrogen-bond acceptors (Lipinski definition) is 3. The van der Waals surface area contributed by atoms with Crippen molar-refractivity contribution in [1.29, 1.82) is 0 Å². The van der Waals surface area contributed by atoms with Crippen molar-refractivity contribution in [2.45, 2.75) is 47.0 Å². The van der Waals surface area contributed by atoms with E-state index in [0.717, 1.165) is 35.1 Å². The maximum atomic E-state index is 9.86. The lowest BCUT2D eigenvalue weighted by atomic mass is 9.97. The molecule has 0 aliphatic heterocycles. The van der Waals surface area contributed by atoms with E-state index in [9.17, 15) is 15.3 Å². The normalized spacial score (nSPS) is 10.7. The van der Waals surface area contributed by atoms with Crippen LogP contribution in [0.4, 0.5) is 0 Å². The lowest BCUT2D eigenvalue weighted by Crippen LogP contribution is -1.97. The Hall–Kier alpha value is -2.94. The smallest absolute Gasteiger partial charge is 0.119 e. The number of rotatable bonds is 6. The Morgan fingerprint density at radius 1 is 0.567 bits per heavy atom. The summed E-state index contributed by atoms with van der Waals surface area (Å²) in [5.41, 5.74) is 4.03. The largest absolute Gasteiger partial charge is 0.508 e. The summed E-state index contributed by atoms with van der Waals surface area (Å²) >= 11 is 0. The molecular formula is C27H34O3. The first-order valence-corrected chi connectivity index (χ1v) is 10.6. The van der Waals surface area contributed by atoms with Gasteiger partial charge in [0.25, 0.3) is 0 Å². The molecule has 3 nitrogen and oxygen atoms in total. The highest BCUT2D eigenvalue weighted by atomic mass is 16.3. The van der Waals surface area contributed by atoms with Gasteiger partial charge >= 0.3 is 0 Å². The van der Waals surface area contributed by atoms with Crippen molar-refractivity contribution >= 4 is 0 Å². The summed E-state index contributed by atoms with van der Waals surface area (Å²) in [6, 6.07) is 20.5. The van der Waals surface area contributed by atoms with Gasteiger partial charge in [0, 0.05) is 6.42 Å². The number of aromatic hydroxyl groups is 3. The van der Waals surface area contributed by atoms with Gasteiger partial charge < -0.3 is 15.3 Å². The molecule has 0 radical (unpaired) electrons. The molecule has 3 heteroatoms. The van der Waals surface area contributed by atoms with Crippen LogP contribution in [0.15, 0.2) is 66.7 Å². The molecule has 0 unspecified atom stereocenters. The fourth-order valence-corrected chi connectivity index (χ4v) is 3.36. The van der Waals surface area contributed by atoms with Crippen LogP contribution in [-0.4, -0.2) is 15.3 Å². The van der Waals surface area contributed by atoms with Crippen molar-refractivity contribution in [1.82, 2.24) is 0 Å². The fourth-order valence-electron chi connectivity index (χ4n) is 3.36. The number of para-hydroxylation sites is 2. The monoisotopic (exact) mass is 406 g/mol. The molecule has 3 aromatic rings. The molecule has 0 amide bonds. The van der Waals surface area contributed by atoms with E-state index in [2.05, 4.69) is 27.7 Å². The minimum Gasteiger partial charge on any atom is -0.508 e. The third kappa shape index (κ3) is 7.47. The summed E-state index contributed by atoms with van der Waals surface area (Å²) in [4.78, 5) is 0. The number of phenolic OH excluding ortho intramolecular Hbond substituents is 3. The number of benzene rings is 3. The van der Waals surface area contributed by atoms with E-state index >= 15 is 0 Å². The Kier molecular flexibility index (Phi) is 8.79. The third-order valence-electron chi connectivity index (χ3n) is 4.78. The third-order valence-corrected chi connectivity index (χ3v) is 4.78. The molecule has 3 rings (SSSR count). The predicted octanol–water partition coefficient (Wildman–Crippen LogP) is 6.48. The fraction of sp³-hybridized carbons (Fsp3) is 0.333. The first-order valence-electron chi connectivity index (χ1n) is 10.6. The Bertz CT molecular complexity index is 929. The molecule has 160 valence electrons. The maximum absolute atomic E-state index is 9.86. The summed E-state index contributed by atoms with van der Waals surface area (Å²) in [5, 5.41) is 29.0. The van der Waals surface area contributed by atoms with Crippen molar-refractivity contribution in [3.05, 3.63) is 89.0 Å². The van der Waals surface area contributed by atoms with Crippen LogP contribution in [0.2, 0.25) is 0 Å². The van der Waals surface area contributed by atoms with Crippen LogP contribution in [0, 0.1) is 11.8 Å². The second-order valence-corrected chi connectivity index (χ2v) is 8.59. The molecule has 0 aliphatic carbocycles. The van der Waals surface area contributed by atoms with Crippen molar-refractivity contribution in [3.63, 3.8) is 0 Å². The van der Waals surface area contributed by atoms with Gasteiger partial charge in [-0.05, 0) is 65.1 Å². The van der Waals surface area contributed by atoms with Crippen LogP contribution in [0.5, 0.6) is 17.2 Å². The van der Waals surface area contributed by atoms with Gasteiger partial charge in [0.1, 0.15) is 17.2 Å². The van der Waals surface area contributed by atoms with Crippen molar-refractivity contribution in [3.8, 4) is 17.2 Å². The molecule has 0 aromatic heterocycles. The predicted molar refractivity (Wildman–Crippen MR) is 124 cm³/mol. The second kappa shape index (κ2) is 11.3. The van der Waals surface area contributed by atoms with E-state index < -0.39 is 0 Å². The van der Waals surface area contributed by atoms with Gasteiger partial charge in [-0.25, -0.2) is 0 Å². The van der Waals surface area contributed by atoms with Gasteiger partial charge in [-0.2, -0.15) is 0 Å². The van der Waals surface area contributed by atoms with Gasteiger partial charge in [0.05, 0.1) is 0 Å². The van der Waals surface area contributed by atoms with Crippen LogP contribution < -0.4 is 0 Å². The van der Waals surface area contributed by atoms with Gasteiger partial charge in [-0.3, -0.25) is 0 Å². The van der Waals surface area contributed by atoms with E-state index in [1.807, 2.05) is 48.5 Å². The summed E-state index contributed by atoms with van der Waals surface area (Å²) in [6.45, 7) is 8.56. The SMILES string of the molecule is CC(C)Cc1cc(Cc2ccccc2O)ccc1O.CC(C)Cc1ccccc1O. The topological polar surface area (TPSA) is 60.7 Å². The molecule has 0 aliphatic rings. The number of phenols is 3. The summed E-state index contributed by atoms with van der Waals surface area (Å²) in [6.07, 6.45) is 2.49. The average molecular weight is 407 g/mol. The molecule has 0 atom stereocenters. The molecule has 3 aromatic carbocycles. The Balaban J connectivity index is 0.000000248. The highest BCUT2D eigenvalue weighted by Gasteiger charge is 2.07. The minimum atomic E-state index is 0.320. The molecular weight excluding hydrogens is 372 g/mol. The standard InChI is InChI=1S/C17H20O2.C10H14O/c1-12(2)9-15-11-13(7-8-17(15)19)10-14-5-3-4-6-16(14)18;1-8(2)7-9-5-3-4-6-10(9)11/h3-8,11-12,18-19H,9-10H2,1-2H3;3-6,8,11H,7H2,1-2H3. The van der Waals surface area contributed by atoms with Crippen molar-refractivity contribution < 1.29 is 15.3 Å². The van der Waals surface area contributed by atoms with E-state index in [1.165, 1.54) is 0 Å². The highest BCUT2D eigenvalue weighted by molar-refractivity contribution is 5.41. The van der Waals surface area contributed by atoms with Gasteiger partial charge in [-0.1, -0.05) is 76.2 Å². The van der Waals surface area contributed by atoms with Crippen LogP contribution >= 0.6 is 0 Å². The maximum Gasteiger partial charge on any atom is 0.119 e. The number of hydrogen-bond donors (Lipinski definition) is 3. The van der Waals surface area contributed by atoms with E-state index in [1.54, 1.807) is 18.2 Å². The Morgan fingerprint density at radius 2 is 1.03 bits per heavy atom. The minimum absolute atomic E-state index is 0.320. The molecule has 0 saturated carbocycles. The average Bonchev–Trinajstić information content (AvgIpc) is 2.68. The zero-order valence-corrected chi connectivity index (χ0v) is 18.5. The van der Waals surface area contributed by atoms with E-state index in [4.69, 9.17) is 0 Å². The van der Waals surface area contributed by atoms with Crippen LogP contribution in [-0.2, 0) is 19.3 Å². The van der Waals surface area contributed by atoms with Crippen molar-refractivity contribution in [2.24, 2.45) is 11.8 Å². The summed E-state index contributed by atoms with van der Waals surface area (Å²) < 4.78 is 0. The zero-order chi connectivity index (χ0) is 22.1. The van der Waals surface area contributed by atoms with Gasteiger partial charge in [-0.15, -0.1) is 0 Å². The molecule has 30 heavy (non-hydrogen) atoms. The van der Waals surface area contributed by atoms with E-state index in [0.29, 0.717) is 35.5 Å². The summed E-state index contributed by atoms with van der Waals surface area (Å²) in [5.74, 6) is 2.20. The molecule has 3 N–H and O–H groups in total. The Labute approximate surface area is 180 Å². The molecule has 0 saturated heterocycles. The highest BCUT2D eigenvalue weighted by Crippen LogP contribution is 2.25. The quantitative estimate of drug-likeness (QED) is 0.439. The molecule has 0 heterocycles. The second-order valence-electron chi connectivity index (χ2n) is 8.59. The lowest BCUT2D eigenvalue weighted by Gasteiger charge is -2.10. The molecule has 0 bridgehead atoms. The first-order chi connectivity index (χ1) is 14.3. The first kappa shape index (κ1) is 23.3. The van der Waals surface area contributed by atoms with Gasteiger partial charge in [0.15, 0.2) is 0 Å². The molecule has 0 fully saturated rings. The van der Waals surface area contributed by atoms with Crippen LogP contribution in [0.1, 0.15) is 49.9 Å². The summed E-state index contributed by atoms with van der Waals surface area (Å²) in [7, 11) is 0. The van der Waals surface area contributed by atoms with Gasteiger partial charge in [0.2, 0.25) is 0 Å². The zero-order valence-electron chi connectivity index (χ0n) is 18.5.